The Morgan fingerprint density at radius 1 is 0.486 bits per heavy atom. The monoisotopic (exact) mass is 530 g/mol. The minimum Gasteiger partial charge on any atom is -0.405 e. The van der Waals surface area contributed by atoms with E-state index in [0.717, 1.165) is 5.56 Å². The highest BCUT2D eigenvalue weighted by Crippen LogP contribution is 2.54. The van der Waals surface area contributed by atoms with E-state index in [1.54, 1.807) is 84.9 Å². The molecule has 0 saturated heterocycles. The third-order valence-electron chi connectivity index (χ3n) is 4.41. The maximum atomic E-state index is 13.5. The summed E-state index contributed by atoms with van der Waals surface area (Å²) in [5.74, 6) is 1.25. The maximum absolute atomic E-state index is 13.5. The van der Waals surface area contributed by atoms with Crippen LogP contribution in [0.4, 0.5) is 0 Å². The SMILES string of the molecule is Cc1ccc(OP(=O)(Cl)Oc2ccc(OP(=O)(Oc3ccccc3)Oc3ccccc3)cc2)cc1. The van der Waals surface area contributed by atoms with Gasteiger partial charge in [-0.05, 0) is 67.6 Å². The Labute approximate surface area is 208 Å². The van der Waals surface area contributed by atoms with Crippen molar-refractivity contribution in [1.82, 2.24) is 0 Å². The average Bonchev–Trinajstić information content (AvgIpc) is 2.82. The van der Waals surface area contributed by atoms with Gasteiger partial charge in [-0.2, -0.15) is 4.57 Å². The van der Waals surface area contributed by atoms with Crippen LogP contribution in [0.1, 0.15) is 5.56 Å². The van der Waals surface area contributed by atoms with Gasteiger partial charge in [0.1, 0.15) is 28.7 Å². The number of rotatable bonds is 10. The molecule has 1 atom stereocenters. The van der Waals surface area contributed by atoms with E-state index in [0.29, 0.717) is 17.2 Å². The van der Waals surface area contributed by atoms with Crippen molar-refractivity contribution in [2.75, 3.05) is 0 Å². The van der Waals surface area contributed by atoms with Gasteiger partial charge in [0.2, 0.25) is 0 Å². The Hall–Kier alpha value is -3.37. The van der Waals surface area contributed by atoms with E-state index in [4.69, 9.17) is 33.9 Å². The molecule has 1 unspecified atom stereocenters. The minimum atomic E-state index is -4.14. The Morgan fingerprint density at radius 3 is 1.20 bits per heavy atom. The molecule has 4 aromatic carbocycles. The van der Waals surface area contributed by atoms with Crippen LogP contribution in [0.25, 0.3) is 0 Å². The first-order chi connectivity index (χ1) is 16.8. The number of benzene rings is 4. The Morgan fingerprint density at radius 2 is 0.800 bits per heavy atom. The highest BCUT2D eigenvalue weighted by atomic mass is 35.7. The fraction of sp³-hybridized carbons (Fsp3) is 0.0400. The van der Waals surface area contributed by atoms with Gasteiger partial charge < -0.3 is 22.6 Å². The first-order valence-corrected chi connectivity index (χ1v) is 14.3. The van der Waals surface area contributed by atoms with Gasteiger partial charge >= 0.3 is 14.8 Å². The topological polar surface area (TPSA) is 80.3 Å². The number of para-hydroxylation sites is 2. The van der Waals surface area contributed by atoms with Crippen LogP contribution in [-0.4, -0.2) is 0 Å². The lowest BCUT2D eigenvalue weighted by Crippen LogP contribution is -2.07. The van der Waals surface area contributed by atoms with Gasteiger partial charge in [-0.25, -0.2) is 4.57 Å². The third kappa shape index (κ3) is 7.56. The summed E-state index contributed by atoms with van der Waals surface area (Å²) in [6.07, 6.45) is 0. The lowest BCUT2D eigenvalue weighted by Gasteiger charge is -2.19. The van der Waals surface area contributed by atoms with Crippen molar-refractivity contribution in [1.29, 1.82) is 0 Å². The van der Waals surface area contributed by atoms with Crippen molar-refractivity contribution in [3.05, 3.63) is 115 Å². The zero-order valence-electron chi connectivity index (χ0n) is 18.5. The van der Waals surface area contributed by atoms with Gasteiger partial charge in [-0.3, -0.25) is 0 Å². The third-order valence-corrected chi connectivity index (χ3v) is 6.99. The maximum Gasteiger partial charge on any atom is 0.647 e. The zero-order valence-corrected chi connectivity index (χ0v) is 21.1. The van der Waals surface area contributed by atoms with Crippen LogP contribution in [0, 0.1) is 6.92 Å². The predicted molar refractivity (Wildman–Crippen MR) is 135 cm³/mol. The van der Waals surface area contributed by atoms with Gasteiger partial charge in [0.15, 0.2) is 0 Å². The van der Waals surface area contributed by atoms with Gasteiger partial charge in [0.05, 0.1) is 0 Å². The van der Waals surface area contributed by atoms with E-state index in [1.807, 2.05) is 6.92 Å². The molecule has 0 aliphatic carbocycles. The van der Waals surface area contributed by atoms with Crippen LogP contribution in [0.15, 0.2) is 109 Å². The fourth-order valence-corrected chi connectivity index (χ4v) is 5.35. The van der Waals surface area contributed by atoms with Crippen molar-refractivity contribution >= 4 is 26.0 Å². The number of halogens is 1. The molecule has 0 aromatic heterocycles. The summed E-state index contributed by atoms with van der Waals surface area (Å²) in [5.41, 5.74) is 1.02. The summed E-state index contributed by atoms with van der Waals surface area (Å²) >= 11 is 5.97. The number of hydrogen-bond donors (Lipinski definition) is 0. The summed E-state index contributed by atoms with van der Waals surface area (Å²) < 4.78 is 53.5. The molecular weight excluding hydrogens is 510 g/mol. The van der Waals surface area contributed by atoms with Crippen molar-refractivity contribution in [3.63, 3.8) is 0 Å². The molecule has 0 spiro atoms. The minimum absolute atomic E-state index is 0.158. The van der Waals surface area contributed by atoms with Crippen LogP contribution >= 0.6 is 26.0 Å². The Bertz CT molecular complexity index is 1290. The van der Waals surface area contributed by atoms with Crippen LogP contribution in [0.3, 0.4) is 0 Å². The lowest BCUT2D eigenvalue weighted by atomic mass is 10.2. The van der Waals surface area contributed by atoms with Crippen LogP contribution in [0.2, 0.25) is 0 Å². The second-order valence-electron chi connectivity index (χ2n) is 7.24. The first kappa shape index (κ1) is 24.7. The van der Waals surface area contributed by atoms with Gasteiger partial charge in [0.25, 0.3) is 0 Å². The van der Waals surface area contributed by atoms with Gasteiger partial charge in [0, 0.05) is 11.2 Å². The van der Waals surface area contributed by atoms with Crippen LogP contribution in [0.5, 0.6) is 28.7 Å². The van der Waals surface area contributed by atoms with Crippen molar-refractivity contribution < 1.29 is 31.7 Å². The molecule has 7 nitrogen and oxygen atoms in total. The van der Waals surface area contributed by atoms with Gasteiger partial charge in [-0.15, -0.1) is 0 Å². The molecule has 0 saturated carbocycles. The molecule has 0 amide bonds. The fourth-order valence-electron chi connectivity index (χ4n) is 2.84. The molecule has 0 aliphatic heterocycles. The smallest absolute Gasteiger partial charge is 0.405 e. The quantitative estimate of drug-likeness (QED) is 0.190. The molecule has 0 bridgehead atoms. The number of phosphoric ester groups is 1. The summed E-state index contributed by atoms with van der Waals surface area (Å²) in [6, 6.07) is 29.7. The number of hydrogen-bond acceptors (Lipinski definition) is 7. The van der Waals surface area contributed by atoms with Crippen molar-refractivity contribution in [2.45, 2.75) is 6.92 Å². The second-order valence-corrected chi connectivity index (χ2v) is 11.2. The van der Waals surface area contributed by atoms with E-state index in [2.05, 4.69) is 0 Å². The zero-order chi connectivity index (χ0) is 24.7. The molecular formula is C25H21ClO7P2. The second kappa shape index (κ2) is 10.9. The molecule has 0 fully saturated rings. The van der Waals surface area contributed by atoms with Crippen LogP contribution < -0.4 is 22.6 Å². The van der Waals surface area contributed by atoms with E-state index >= 15 is 0 Å². The summed E-state index contributed by atoms with van der Waals surface area (Å²) in [5, 5.41) is 0. The molecule has 0 heterocycles. The van der Waals surface area contributed by atoms with Crippen LogP contribution in [-0.2, 0) is 9.13 Å². The highest BCUT2D eigenvalue weighted by Gasteiger charge is 2.33. The molecule has 4 aromatic rings. The van der Waals surface area contributed by atoms with E-state index < -0.39 is 14.8 Å². The molecule has 4 rings (SSSR count). The van der Waals surface area contributed by atoms with E-state index in [9.17, 15) is 9.13 Å². The van der Waals surface area contributed by atoms with Crippen molar-refractivity contribution in [2.24, 2.45) is 0 Å². The Kier molecular flexibility index (Phi) is 7.72. The number of phosphoric acid groups is 1. The van der Waals surface area contributed by atoms with Gasteiger partial charge in [-0.1, -0.05) is 54.1 Å². The molecule has 180 valence electrons. The molecule has 0 N–H and O–H groups in total. The van der Waals surface area contributed by atoms with Crippen molar-refractivity contribution in [3.8, 4) is 28.7 Å². The van der Waals surface area contributed by atoms with E-state index in [-0.39, 0.29) is 11.5 Å². The molecule has 35 heavy (non-hydrogen) atoms. The summed E-state index contributed by atoms with van der Waals surface area (Å²) in [4.78, 5) is 0. The highest BCUT2D eigenvalue weighted by molar-refractivity contribution is 7.82. The molecule has 0 aliphatic rings. The predicted octanol–water partition coefficient (Wildman–Crippen LogP) is 8.44. The summed E-state index contributed by atoms with van der Waals surface area (Å²) in [7, 11) is -4.14. The molecule has 0 radical (unpaired) electrons. The summed E-state index contributed by atoms with van der Waals surface area (Å²) in [6.45, 7) is -2.06. The first-order valence-electron chi connectivity index (χ1n) is 10.4. The lowest BCUT2D eigenvalue weighted by molar-refractivity contribution is 0.298. The van der Waals surface area contributed by atoms with E-state index in [1.165, 1.54) is 24.3 Å². The average molecular weight is 531 g/mol. The Balaban J connectivity index is 1.47. The standard InChI is InChI=1S/C25H21ClO7P2/c1-20-12-14-23(15-13-20)29-34(26,27)30-24-16-18-25(19-17-24)33-35(28,31-21-8-4-2-5-9-21)32-22-10-6-3-7-11-22/h2-19H,1H3. The molecule has 10 heteroatoms. The largest absolute Gasteiger partial charge is 0.647 e. The normalized spacial score (nSPS) is 12.7. The number of aryl methyl sites for hydroxylation is 1.